The van der Waals surface area contributed by atoms with Gasteiger partial charge in [-0.3, -0.25) is 0 Å². The summed E-state index contributed by atoms with van der Waals surface area (Å²) in [7, 11) is 0. The second-order valence-corrected chi connectivity index (χ2v) is 3.70. The SMILES string of the molecule is C(=Cc1cc2ccccc2[nH]1)c1ccoc1. The van der Waals surface area contributed by atoms with E-state index in [9.17, 15) is 0 Å². The predicted octanol–water partition coefficient (Wildman–Crippen LogP) is 3.93. The molecule has 0 aliphatic rings. The number of benzene rings is 1. The summed E-state index contributed by atoms with van der Waals surface area (Å²) in [6.45, 7) is 0. The first-order valence-corrected chi connectivity index (χ1v) is 5.20. The molecule has 2 heterocycles. The maximum Gasteiger partial charge on any atom is 0.0974 e. The number of fused-ring (bicyclic) bond motifs is 1. The van der Waals surface area contributed by atoms with E-state index in [1.165, 1.54) is 5.39 Å². The molecule has 0 amide bonds. The predicted molar refractivity (Wildman–Crippen MR) is 65.9 cm³/mol. The average Bonchev–Trinajstić information content (AvgIpc) is 2.95. The Morgan fingerprint density at radius 3 is 2.81 bits per heavy atom. The molecular formula is C14H11NO. The molecule has 0 aliphatic carbocycles. The smallest absolute Gasteiger partial charge is 0.0974 e. The van der Waals surface area contributed by atoms with Crippen molar-refractivity contribution >= 4 is 23.1 Å². The Morgan fingerprint density at radius 1 is 1.06 bits per heavy atom. The Bertz CT molecular complexity index is 584. The number of hydrogen-bond donors (Lipinski definition) is 1. The number of H-pyrrole nitrogens is 1. The number of aromatic nitrogens is 1. The highest BCUT2D eigenvalue weighted by Crippen LogP contribution is 2.16. The minimum Gasteiger partial charge on any atom is -0.472 e. The first-order chi connectivity index (χ1) is 7.92. The minimum atomic E-state index is 1.07. The van der Waals surface area contributed by atoms with Gasteiger partial charge in [-0.2, -0.15) is 0 Å². The van der Waals surface area contributed by atoms with Crippen LogP contribution in [-0.4, -0.2) is 4.98 Å². The highest BCUT2D eigenvalue weighted by Gasteiger charge is 1.96. The van der Waals surface area contributed by atoms with Crippen molar-refractivity contribution in [1.29, 1.82) is 0 Å². The molecule has 0 spiro atoms. The van der Waals surface area contributed by atoms with Crippen molar-refractivity contribution in [2.75, 3.05) is 0 Å². The van der Waals surface area contributed by atoms with Gasteiger partial charge in [-0.1, -0.05) is 18.2 Å². The van der Waals surface area contributed by atoms with Crippen LogP contribution in [0.25, 0.3) is 23.1 Å². The quantitative estimate of drug-likeness (QED) is 0.680. The van der Waals surface area contributed by atoms with E-state index < -0.39 is 0 Å². The van der Waals surface area contributed by atoms with Crippen LogP contribution in [0.4, 0.5) is 0 Å². The van der Waals surface area contributed by atoms with Crippen LogP contribution in [-0.2, 0) is 0 Å². The number of aromatic amines is 1. The third-order valence-corrected chi connectivity index (χ3v) is 2.55. The third kappa shape index (κ3) is 1.65. The summed E-state index contributed by atoms with van der Waals surface area (Å²) >= 11 is 0. The summed E-state index contributed by atoms with van der Waals surface area (Å²) in [5.74, 6) is 0. The zero-order valence-corrected chi connectivity index (χ0v) is 8.68. The molecule has 2 aromatic heterocycles. The van der Waals surface area contributed by atoms with Gasteiger partial charge in [0.25, 0.3) is 0 Å². The van der Waals surface area contributed by atoms with Gasteiger partial charge >= 0.3 is 0 Å². The molecule has 0 saturated heterocycles. The number of rotatable bonds is 2. The maximum absolute atomic E-state index is 5.00. The van der Waals surface area contributed by atoms with Crippen molar-refractivity contribution in [2.45, 2.75) is 0 Å². The lowest BCUT2D eigenvalue weighted by Crippen LogP contribution is -1.68. The fourth-order valence-corrected chi connectivity index (χ4v) is 1.74. The summed E-state index contributed by atoms with van der Waals surface area (Å²) < 4.78 is 5.00. The normalized spacial score (nSPS) is 11.5. The number of hydrogen-bond acceptors (Lipinski definition) is 1. The third-order valence-electron chi connectivity index (χ3n) is 2.55. The van der Waals surface area contributed by atoms with E-state index in [1.807, 2.05) is 30.4 Å². The molecule has 16 heavy (non-hydrogen) atoms. The van der Waals surface area contributed by atoms with Crippen LogP contribution < -0.4 is 0 Å². The molecule has 0 saturated carbocycles. The molecule has 3 rings (SSSR count). The highest BCUT2D eigenvalue weighted by molar-refractivity contribution is 5.84. The van der Waals surface area contributed by atoms with Crippen LogP contribution in [0, 0.1) is 0 Å². The van der Waals surface area contributed by atoms with E-state index in [1.54, 1.807) is 12.5 Å². The Morgan fingerprint density at radius 2 is 2.00 bits per heavy atom. The molecular weight excluding hydrogens is 198 g/mol. The zero-order valence-electron chi connectivity index (χ0n) is 8.68. The van der Waals surface area contributed by atoms with E-state index in [2.05, 4.69) is 23.2 Å². The van der Waals surface area contributed by atoms with Crippen LogP contribution >= 0.6 is 0 Å². The lowest BCUT2D eigenvalue weighted by atomic mass is 10.2. The number of furan rings is 1. The van der Waals surface area contributed by atoms with Crippen molar-refractivity contribution in [3.8, 4) is 0 Å². The molecule has 0 atom stereocenters. The van der Waals surface area contributed by atoms with Crippen LogP contribution in [0.1, 0.15) is 11.3 Å². The van der Waals surface area contributed by atoms with E-state index in [-0.39, 0.29) is 0 Å². The molecule has 1 N–H and O–H groups in total. The summed E-state index contributed by atoms with van der Waals surface area (Å²) in [6, 6.07) is 12.3. The van der Waals surface area contributed by atoms with Crippen LogP contribution in [0.3, 0.4) is 0 Å². The molecule has 0 radical (unpaired) electrons. The van der Waals surface area contributed by atoms with Crippen molar-refractivity contribution in [2.24, 2.45) is 0 Å². The summed E-state index contributed by atoms with van der Waals surface area (Å²) in [5.41, 5.74) is 3.33. The first kappa shape index (κ1) is 9.04. The molecule has 2 heteroatoms. The number of para-hydroxylation sites is 1. The Balaban J connectivity index is 1.95. The first-order valence-electron chi connectivity index (χ1n) is 5.20. The van der Waals surface area contributed by atoms with E-state index >= 15 is 0 Å². The second kappa shape index (κ2) is 3.74. The van der Waals surface area contributed by atoms with Crippen LogP contribution in [0.15, 0.2) is 53.3 Å². The maximum atomic E-state index is 5.00. The fourth-order valence-electron chi connectivity index (χ4n) is 1.74. The lowest BCUT2D eigenvalue weighted by molar-refractivity contribution is 0.567. The molecule has 0 bridgehead atoms. The van der Waals surface area contributed by atoms with Gasteiger partial charge in [-0.05, 0) is 35.7 Å². The van der Waals surface area contributed by atoms with Gasteiger partial charge in [0.1, 0.15) is 0 Å². The molecule has 0 fully saturated rings. The largest absolute Gasteiger partial charge is 0.472 e. The highest BCUT2D eigenvalue weighted by atomic mass is 16.3. The van der Waals surface area contributed by atoms with Crippen molar-refractivity contribution in [3.05, 3.63) is 60.2 Å². The van der Waals surface area contributed by atoms with E-state index in [0.717, 1.165) is 16.8 Å². The van der Waals surface area contributed by atoms with Gasteiger partial charge in [-0.15, -0.1) is 0 Å². The van der Waals surface area contributed by atoms with Crippen LogP contribution in [0.5, 0.6) is 0 Å². The molecule has 78 valence electrons. The topological polar surface area (TPSA) is 28.9 Å². The van der Waals surface area contributed by atoms with Gasteiger partial charge in [0.05, 0.1) is 12.5 Å². The van der Waals surface area contributed by atoms with Gasteiger partial charge < -0.3 is 9.40 Å². The van der Waals surface area contributed by atoms with Gasteiger partial charge in [0, 0.05) is 16.8 Å². The van der Waals surface area contributed by atoms with Crippen LogP contribution in [0.2, 0.25) is 0 Å². The zero-order chi connectivity index (χ0) is 10.8. The average molecular weight is 209 g/mol. The number of nitrogens with one attached hydrogen (secondary N) is 1. The van der Waals surface area contributed by atoms with Gasteiger partial charge in [-0.25, -0.2) is 0 Å². The molecule has 0 aliphatic heterocycles. The Kier molecular flexibility index (Phi) is 2.11. The summed E-state index contributed by atoms with van der Waals surface area (Å²) in [5, 5.41) is 1.23. The van der Waals surface area contributed by atoms with E-state index in [4.69, 9.17) is 4.42 Å². The Labute approximate surface area is 93.2 Å². The summed E-state index contributed by atoms with van der Waals surface area (Å²) in [6.07, 6.45) is 7.46. The van der Waals surface area contributed by atoms with Gasteiger partial charge in [0.15, 0.2) is 0 Å². The minimum absolute atomic E-state index is 1.07. The molecule has 3 aromatic rings. The second-order valence-electron chi connectivity index (χ2n) is 3.70. The van der Waals surface area contributed by atoms with Crippen molar-refractivity contribution in [3.63, 3.8) is 0 Å². The monoisotopic (exact) mass is 209 g/mol. The van der Waals surface area contributed by atoms with Crippen molar-refractivity contribution in [1.82, 2.24) is 4.98 Å². The van der Waals surface area contributed by atoms with Gasteiger partial charge in [0.2, 0.25) is 0 Å². The van der Waals surface area contributed by atoms with E-state index in [0.29, 0.717) is 0 Å². The standard InChI is InChI=1S/C14H11NO/c1-2-4-14-12(3-1)9-13(15-14)6-5-11-7-8-16-10-11/h1-10,15H. The summed E-state index contributed by atoms with van der Waals surface area (Å²) in [4.78, 5) is 3.34. The molecule has 2 nitrogen and oxygen atoms in total. The molecule has 0 unspecified atom stereocenters. The molecule has 1 aromatic carbocycles. The van der Waals surface area contributed by atoms with Crippen molar-refractivity contribution < 1.29 is 4.42 Å². The Hall–Kier alpha value is -2.22. The fraction of sp³-hybridized carbons (Fsp3) is 0. The lowest BCUT2D eigenvalue weighted by Gasteiger charge is -1.85.